The summed E-state index contributed by atoms with van der Waals surface area (Å²) in [6.45, 7) is 6.04. The van der Waals surface area contributed by atoms with E-state index < -0.39 is 11.8 Å². The van der Waals surface area contributed by atoms with Crippen LogP contribution in [0.15, 0.2) is 60.2 Å². The third-order valence-electron chi connectivity index (χ3n) is 3.51. The van der Waals surface area contributed by atoms with Crippen molar-refractivity contribution < 1.29 is 19.4 Å². The molecule has 2 aromatic rings. The number of carbonyl (C=O) groups is 2. The molecule has 2 amide bonds. The van der Waals surface area contributed by atoms with Gasteiger partial charge in [0, 0.05) is 11.3 Å². The van der Waals surface area contributed by atoms with Gasteiger partial charge in [-0.1, -0.05) is 18.2 Å². The highest BCUT2D eigenvalue weighted by Gasteiger charge is 2.13. The fraction of sp³-hybridized carbons (Fsp3) is 0.150. The van der Waals surface area contributed by atoms with Crippen molar-refractivity contribution in [1.82, 2.24) is 5.43 Å². The van der Waals surface area contributed by atoms with Crippen molar-refractivity contribution in [3.05, 3.63) is 66.2 Å². The highest BCUT2D eigenvalue weighted by atomic mass is 16.5. The number of hydrogen-bond acceptors (Lipinski definition) is 5. The summed E-state index contributed by atoms with van der Waals surface area (Å²) in [5.74, 6) is -1.07. The molecular weight excluding hydrogens is 346 g/mol. The van der Waals surface area contributed by atoms with Gasteiger partial charge in [-0.25, -0.2) is 5.43 Å². The number of benzene rings is 2. The molecule has 0 unspecified atom stereocenters. The normalized spacial score (nSPS) is 10.4. The van der Waals surface area contributed by atoms with E-state index in [4.69, 9.17) is 4.74 Å². The number of hydrazone groups is 1. The van der Waals surface area contributed by atoms with Crippen LogP contribution in [0.2, 0.25) is 0 Å². The van der Waals surface area contributed by atoms with Gasteiger partial charge in [-0.2, -0.15) is 5.10 Å². The summed E-state index contributed by atoms with van der Waals surface area (Å²) in [6.07, 6.45) is 3.44. The number of carbonyl (C=O) groups excluding carboxylic acids is 2. The van der Waals surface area contributed by atoms with Gasteiger partial charge in [-0.3, -0.25) is 9.59 Å². The minimum atomic E-state index is -0.929. The lowest BCUT2D eigenvalue weighted by Crippen LogP contribution is -2.32. The van der Waals surface area contributed by atoms with Gasteiger partial charge in [-0.15, -0.1) is 6.58 Å². The van der Waals surface area contributed by atoms with Gasteiger partial charge in [-0.05, 0) is 49.2 Å². The van der Waals surface area contributed by atoms with Gasteiger partial charge < -0.3 is 15.2 Å². The van der Waals surface area contributed by atoms with Crippen LogP contribution < -0.4 is 15.5 Å². The van der Waals surface area contributed by atoms with Crippen molar-refractivity contribution in [2.45, 2.75) is 13.3 Å². The first-order chi connectivity index (χ1) is 13.0. The number of nitrogens with zero attached hydrogens (tertiary/aromatic N) is 1. The topological polar surface area (TPSA) is 100 Å². The highest BCUT2D eigenvalue weighted by Crippen LogP contribution is 2.21. The molecule has 27 heavy (non-hydrogen) atoms. The zero-order valence-electron chi connectivity index (χ0n) is 14.9. The Morgan fingerprint density at radius 1 is 1.19 bits per heavy atom. The maximum atomic E-state index is 11.9. The first-order valence-electron chi connectivity index (χ1n) is 8.34. The number of para-hydroxylation sites is 1. The fourth-order valence-corrected chi connectivity index (χ4v) is 2.24. The fourth-order valence-electron chi connectivity index (χ4n) is 2.24. The van der Waals surface area contributed by atoms with Crippen LogP contribution in [0.1, 0.15) is 18.1 Å². The van der Waals surface area contributed by atoms with Gasteiger partial charge in [0.15, 0.2) is 0 Å². The van der Waals surface area contributed by atoms with Crippen LogP contribution in [0.4, 0.5) is 5.69 Å². The van der Waals surface area contributed by atoms with Crippen LogP contribution in [-0.2, 0) is 16.0 Å². The monoisotopic (exact) mass is 367 g/mol. The smallest absolute Gasteiger partial charge is 0.329 e. The maximum absolute atomic E-state index is 11.9. The van der Waals surface area contributed by atoms with Crippen molar-refractivity contribution >= 4 is 23.7 Å². The Balaban J connectivity index is 1.93. The Kier molecular flexibility index (Phi) is 7.13. The summed E-state index contributed by atoms with van der Waals surface area (Å²) in [7, 11) is 0. The van der Waals surface area contributed by atoms with Crippen LogP contribution in [0.5, 0.6) is 11.5 Å². The van der Waals surface area contributed by atoms with Crippen molar-refractivity contribution in [3.63, 3.8) is 0 Å². The van der Waals surface area contributed by atoms with E-state index in [1.165, 1.54) is 6.21 Å². The molecule has 0 radical (unpaired) electrons. The van der Waals surface area contributed by atoms with Crippen LogP contribution in [0.25, 0.3) is 0 Å². The lowest BCUT2D eigenvalue weighted by Gasteiger charge is -2.06. The zero-order chi connectivity index (χ0) is 19.6. The number of hydrogen-bond donors (Lipinski definition) is 3. The Bertz CT molecular complexity index is 845. The number of phenols is 1. The molecule has 3 N–H and O–H groups in total. The quantitative estimate of drug-likeness (QED) is 0.303. The van der Waals surface area contributed by atoms with Gasteiger partial charge in [0.2, 0.25) is 0 Å². The van der Waals surface area contributed by atoms with Crippen LogP contribution in [-0.4, -0.2) is 29.7 Å². The average Bonchev–Trinajstić information content (AvgIpc) is 2.66. The number of phenolic OH excluding ortho intramolecular Hbond substituents is 1. The second-order valence-corrected chi connectivity index (χ2v) is 5.46. The largest absolute Gasteiger partial charge is 0.507 e. The van der Waals surface area contributed by atoms with E-state index in [2.05, 4.69) is 22.4 Å². The summed E-state index contributed by atoms with van der Waals surface area (Å²) in [4.78, 5) is 23.7. The van der Waals surface area contributed by atoms with Crippen molar-refractivity contribution in [2.24, 2.45) is 5.10 Å². The van der Waals surface area contributed by atoms with Gasteiger partial charge in [0.05, 0.1) is 12.8 Å². The second-order valence-electron chi connectivity index (χ2n) is 5.46. The third kappa shape index (κ3) is 5.71. The molecule has 0 aliphatic heterocycles. The van der Waals surface area contributed by atoms with Crippen LogP contribution in [0, 0.1) is 0 Å². The SMILES string of the molecule is C=CCc1cccc(/C=N\NC(=O)C(=O)Nc2ccc(OCC)cc2)c1O. The molecule has 0 atom stereocenters. The Hall–Kier alpha value is -3.61. The molecule has 0 fully saturated rings. The number of aromatic hydroxyl groups is 1. The van der Waals surface area contributed by atoms with Crippen molar-refractivity contribution in [2.75, 3.05) is 11.9 Å². The first kappa shape index (κ1) is 19.7. The molecule has 7 nitrogen and oxygen atoms in total. The summed E-state index contributed by atoms with van der Waals surface area (Å²) >= 11 is 0. The number of rotatable bonds is 7. The molecular formula is C20H21N3O4. The van der Waals surface area contributed by atoms with E-state index in [0.29, 0.717) is 35.6 Å². The van der Waals surface area contributed by atoms with Gasteiger partial charge >= 0.3 is 11.8 Å². The number of nitrogens with one attached hydrogen (secondary N) is 2. The number of anilines is 1. The molecule has 140 valence electrons. The number of amides is 2. The third-order valence-corrected chi connectivity index (χ3v) is 3.51. The first-order valence-corrected chi connectivity index (χ1v) is 8.34. The molecule has 0 saturated heterocycles. The molecule has 0 heterocycles. The lowest BCUT2D eigenvalue weighted by atomic mass is 10.1. The molecule has 0 spiro atoms. The zero-order valence-corrected chi connectivity index (χ0v) is 14.9. The van der Waals surface area contributed by atoms with Crippen LogP contribution in [0.3, 0.4) is 0 Å². The summed E-state index contributed by atoms with van der Waals surface area (Å²) < 4.78 is 5.30. The van der Waals surface area contributed by atoms with Gasteiger partial charge in [0.1, 0.15) is 11.5 Å². The predicted molar refractivity (Wildman–Crippen MR) is 104 cm³/mol. The minimum absolute atomic E-state index is 0.0502. The molecule has 0 aliphatic carbocycles. The predicted octanol–water partition coefficient (Wildman–Crippen LogP) is 2.61. The van der Waals surface area contributed by atoms with Gasteiger partial charge in [0.25, 0.3) is 0 Å². The highest BCUT2D eigenvalue weighted by molar-refractivity contribution is 6.39. The molecule has 2 rings (SSSR count). The average molecular weight is 367 g/mol. The van der Waals surface area contributed by atoms with Crippen molar-refractivity contribution in [1.29, 1.82) is 0 Å². The Morgan fingerprint density at radius 2 is 1.93 bits per heavy atom. The van der Waals surface area contributed by atoms with E-state index >= 15 is 0 Å². The standard InChI is InChI=1S/C20H21N3O4/c1-3-6-14-7-5-8-15(18(14)24)13-21-23-20(26)19(25)22-16-9-11-17(12-10-16)27-4-2/h3,5,7-13,24H,1,4,6H2,2H3,(H,22,25)(H,23,26)/b21-13-. The van der Waals surface area contributed by atoms with E-state index in [0.717, 1.165) is 0 Å². The van der Waals surface area contributed by atoms with Crippen LogP contribution >= 0.6 is 0 Å². The summed E-state index contributed by atoms with van der Waals surface area (Å²) in [5, 5.41) is 16.3. The number of ether oxygens (including phenoxy) is 1. The molecule has 0 bridgehead atoms. The molecule has 0 saturated carbocycles. The molecule has 2 aromatic carbocycles. The van der Waals surface area contributed by atoms with E-state index in [1.807, 2.05) is 6.92 Å². The molecule has 0 aromatic heterocycles. The number of allylic oxidation sites excluding steroid dienone is 1. The maximum Gasteiger partial charge on any atom is 0.329 e. The molecule has 7 heteroatoms. The minimum Gasteiger partial charge on any atom is -0.507 e. The molecule has 0 aliphatic rings. The summed E-state index contributed by atoms with van der Waals surface area (Å²) in [5.41, 5.74) is 3.69. The lowest BCUT2D eigenvalue weighted by molar-refractivity contribution is -0.136. The van der Waals surface area contributed by atoms with E-state index in [-0.39, 0.29) is 5.75 Å². The van der Waals surface area contributed by atoms with E-state index in [9.17, 15) is 14.7 Å². The van der Waals surface area contributed by atoms with E-state index in [1.54, 1.807) is 48.5 Å². The van der Waals surface area contributed by atoms with Crippen molar-refractivity contribution in [3.8, 4) is 11.5 Å². The summed E-state index contributed by atoms with van der Waals surface area (Å²) in [6, 6.07) is 11.8. The Labute approximate surface area is 157 Å². The Morgan fingerprint density at radius 3 is 2.59 bits per heavy atom. The second kappa shape index (κ2) is 9.76.